The minimum atomic E-state index is -0.0790. The lowest BCUT2D eigenvalue weighted by molar-refractivity contribution is -0.0830. The number of ether oxygens (including phenoxy) is 1. The van der Waals surface area contributed by atoms with E-state index in [9.17, 15) is 14.4 Å². The van der Waals surface area contributed by atoms with E-state index in [2.05, 4.69) is 234 Å². The molecule has 0 saturated carbocycles. The van der Waals surface area contributed by atoms with E-state index in [0.29, 0.717) is 39.8 Å². The van der Waals surface area contributed by atoms with E-state index < -0.39 is 0 Å². The van der Waals surface area contributed by atoms with Gasteiger partial charge >= 0.3 is 18.1 Å². The van der Waals surface area contributed by atoms with Gasteiger partial charge in [0.25, 0.3) is 0 Å². The quantitative estimate of drug-likeness (QED) is 0.181. The van der Waals surface area contributed by atoms with Crippen LogP contribution in [0.1, 0.15) is 235 Å². The highest BCUT2D eigenvalue weighted by atomic mass is 16.5. The smallest absolute Gasteiger partial charge is 0.320 e. The standard InChI is InChI=1S/C11H22N2O.C11H24N2.C9H18N2O.2C9H20N2.C8H16N2O.C8H18N2.C7H14N2O.C7H17N/c1-11(2,3)13-6-4-12(5-7-13)10-8-14-9-10;1-10(2)12-6-8-13(9-7-12)11(3,4)5;1-8(2,3)11-6-9(4,5)10-7(11)12;1-9(2,3)11-7-5-10(4)6-8-11;1-9(2,3)11-6-5-8(7-11)10-4;1-8(2,3)10-6-5-9(4)7(10)11;1-8(2,3)10-6-4-9-5-7-10;1-7(2,3)9-5-4-8-6(9)10;1-6(2,3)7(4,5)8/h10H,4-9H2,1-3H3;10H,6-9H2,1-5H3;6H2,1-5H3,(H,10,12);5-8H2,1-4H3;8,10H,5-7H2,1-4H3;5-6H2,1-4H3;9H,4-7H2,1-3H3;4-5H2,1-3H3,(H,8,10);8H2,1-5H3/t;;;;8-;;;;/m....1..../s1. The fraction of sp³-hybridized carbons (Fsp3) is 0.962. The average Bonchev–Trinajstić information content (AvgIpc) is 1.58. The van der Waals surface area contributed by atoms with Gasteiger partial charge in [-0.05, 0) is 234 Å². The van der Waals surface area contributed by atoms with Crippen molar-refractivity contribution < 1.29 is 19.1 Å². The molecule has 0 radical (unpaired) electrons. The Bertz CT molecular complexity index is 2260. The predicted octanol–water partition coefficient (Wildman–Crippen LogP) is 10.7. The van der Waals surface area contributed by atoms with Crippen molar-refractivity contribution >= 4 is 18.1 Å². The molecular weight excluding hydrogens is 1250 g/mol. The maximum absolute atomic E-state index is 11.5. The number of nitrogens with one attached hydrogen (secondary N) is 4. The minimum absolute atomic E-state index is 0.0259. The lowest BCUT2D eigenvalue weighted by Crippen LogP contribution is -2.59. The van der Waals surface area contributed by atoms with Crippen LogP contribution in [0.3, 0.4) is 0 Å². The number of hydrogen-bond acceptors (Lipinski definition) is 15. The van der Waals surface area contributed by atoms with Crippen LogP contribution in [0.5, 0.6) is 0 Å². The molecule has 9 aliphatic rings. The monoisotopic (exact) mass is 1420 g/mol. The number of carbonyl (C=O) groups is 3. The number of likely N-dealkylation sites (N-methyl/N-ethyl adjacent to an activating group) is 3. The Labute approximate surface area is 618 Å². The van der Waals surface area contributed by atoms with E-state index >= 15 is 0 Å². The van der Waals surface area contributed by atoms with Crippen molar-refractivity contribution in [3.8, 4) is 0 Å². The molecule has 9 aliphatic heterocycles. The zero-order valence-corrected chi connectivity index (χ0v) is 72.7. The Morgan fingerprint density at radius 1 is 0.460 bits per heavy atom. The Morgan fingerprint density at radius 2 is 0.850 bits per heavy atom. The summed E-state index contributed by atoms with van der Waals surface area (Å²) in [6, 6.07) is 2.41. The Morgan fingerprint density at radius 3 is 1.08 bits per heavy atom. The van der Waals surface area contributed by atoms with E-state index in [4.69, 9.17) is 10.5 Å². The fourth-order valence-corrected chi connectivity index (χ4v) is 12.3. The third-order valence-corrected chi connectivity index (χ3v) is 21.1. The number of amides is 6. The molecule has 0 aromatic rings. The molecule has 0 unspecified atom stereocenters. The minimum Gasteiger partial charge on any atom is -0.378 e. The topological polar surface area (TPSA) is 173 Å². The molecule has 0 aromatic heterocycles. The van der Waals surface area contributed by atoms with Crippen LogP contribution in [-0.2, 0) is 4.74 Å². The molecule has 0 spiro atoms. The Kier molecular flexibility index (Phi) is 37.9. The first kappa shape index (κ1) is 95.3. The largest absolute Gasteiger partial charge is 0.378 e. The number of likely N-dealkylation sites (tertiary alicyclic amines) is 1. The van der Waals surface area contributed by atoms with E-state index in [0.717, 1.165) is 65.1 Å². The number of piperazine rings is 4. The van der Waals surface area contributed by atoms with Gasteiger partial charge in [-0.1, -0.05) is 20.8 Å². The van der Waals surface area contributed by atoms with E-state index in [-0.39, 0.29) is 51.2 Å². The second kappa shape index (κ2) is 39.8. The summed E-state index contributed by atoms with van der Waals surface area (Å²) in [5, 5.41) is 12.4. The van der Waals surface area contributed by atoms with Crippen LogP contribution >= 0.6 is 0 Å². The SMILES string of the molecule is CC(C)(C)C(C)(C)N.CC(C)(C)N1CCN(C2COC2)CC1.CC(C)(C)N1CCNC1=O.CC(C)(C)N1CCNCC1.CC(C)N1CCN(C(C)(C)C)CC1.CC1(C)CN(C(C)(C)C)C(=O)N1.CN1CCN(C(C)(C)C)C1=O.CN1CCN(C(C)(C)C)CC1.CN[C@@H]1CCN(C(C)(C)C)C1. The molecule has 21 nitrogen and oxygen atoms in total. The molecule has 594 valence electrons. The number of rotatable bonds is 3. The lowest BCUT2D eigenvalue weighted by Gasteiger charge is -2.46. The van der Waals surface area contributed by atoms with Crippen molar-refractivity contribution in [3.05, 3.63) is 0 Å². The maximum atomic E-state index is 11.5. The molecule has 0 bridgehead atoms. The second-order valence-corrected chi connectivity index (χ2v) is 40.1. The summed E-state index contributed by atoms with van der Waals surface area (Å²) in [4.78, 5) is 61.5. The molecule has 9 rings (SSSR count). The van der Waals surface area contributed by atoms with Crippen LogP contribution in [0.15, 0.2) is 0 Å². The summed E-state index contributed by atoms with van der Waals surface area (Å²) in [6.45, 7) is 99.8. The summed E-state index contributed by atoms with van der Waals surface area (Å²) < 4.78 is 5.23. The van der Waals surface area contributed by atoms with Gasteiger partial charge in [0.05, 0.1) is 24.8 Å². The van der Waals surface area contributed by atoms with Gasteiger partial charge in [-0.2, -0.15) is 0 Å². The normalized spacial score (nSPS) is 22.8. The number of nitrogens with zero attached hydrogens (tertiary/aromatic N) is 12. The first-order valence-corrected chi connectivity index (χ1v) is 38.9. The van der Waals surface area contributed by atoms with Gasteiger partial charge in [-0.15, -0.1) is 0 Å². The molecule has 100 heavy (non-hydrogen) atoms. The predicted molar refractivity (Wildman–Crippen MR) is 428 cm³/mol. The van der Waals surface area contributed by atoms with Gasteiger partial charge in [0.2, 0.25) is 0 Å². The van der Waals surface area contributed by atoms with Gasteiger partial charge in [-0.3, -0.25) is 34.3 Å². The zero-order valence-electron chi connectivity index (χ0n) is 72.7. The third kappa shape index (κ3) is 35.6. The molecule has 9 heterocycles. The summed E-state index contributed by atoms with van der Waals surface area (Å²) >= 11 is 0. The molecule has 0 aromatic carbocycles. The highest BCUT2D eigenvalue weighted by molar-refractivity contribution is 5.78. The van der Waals surface area contributed by atoms with Crippen molar-refractivity contribution in [1.29, 1.82) is 0 Å². The van der Waals surface area contributed by atoms with Crippen LogP contribution in [-0.4, -0.2) is 335 Å². The molecule has 21 heteroatoms. The summed E-state index contributed by atoms with van der Waals surface area (Å²) in [5.41, 5.74) is 7.53. The number of hydrogen-bond donors (Lipinski definition) is 5. The fourth-order valence-electron chi connectivity index (χ4n) is 12.3. The summed E-state index contributed by atoms with van der Waals surface area (Å²) in [5.74, 6) is 0. The van der Waals surface area contributed by atoms with Gasteiger partial charge in [-0.25, -0.2) is 14.4 Å². The van der Waals surface area contributed by atoms with Crippen molar-refractivity contribution in [2.24, 2.45) is 11.1 Å². The van der Waals surface area contributed by atoms with Gasteiger partial charge in [0, 0.05) is 220 Å². The van der Waals surface area contributed by atoms with Gasteiger partial charge in [0.1, 0.15) is 0 Å². The van der Waals surface area contributed by atoms with E-state index in [1.165, 1.54) is 111 Å². The first-order valence-electron chi connectivity index (χ1n) is 38.9. The maximum Gasteiger partial charge on any atom is 0.320 e. The average molecular weight is 1420 g/mol. The van der Waals surface area contributed by atoms with Gasteiger partial charge < -0.3 is 56.2 Å². The van der Waals surface area contributed by atoms with Crippen LogP contribution < -0.4 is 27.0 Å². The highest BCUT2D eigenvalue weighted by Crippen LogP contribution is 2.28. The molecule has 9 saturated heterocycles. The molecule has 0 aliphatic carbocycles. The second-order valence-electron chi connectivity index (χ2n) is 40.1. The first-order chi connectivity index (χ1) is 45.0. The molecule has 1 atom stereocenters. The Balaban J connectivity index is 0.000000565. The van der Waals surface area contributed by atoms with Crippen LogP contribution in [0, 0.1) is 5.41 Å². The van der Waals surface area contributed by atoms with Crippen LogP contribution in [0.4, 0.5) is 14.4 Å². The molecule has 6 N–H and O–H groups in total. The number of nitrogens with two attached hydrogens (primary N) is 1. The van der Waals surface area contributed by atoms with E-state index in [1.54, 1.807) is 4.90 Å². The summed E-state index contributed by atoms with van der Waals surface area (Å²) in [6.07, 6.45) is 1.30. The lowest BCUT2D eigenvalue weighted by atomic mass is 9.77. The molecule has 6 amide bonds. The van der Waals surface area contributed by atoms with Crippen LogP contribution in [0.2, 0.25) is 0 Å². The van der Waals surface area contributed by atoms with Crippen molar-refractivity contribution in [1.82, 2.24) is 80.1 Å². The number of urea groups is 3. The van der Waals surface area contributed by atoms with Crippen molar-refractivity contribution in [2.75, 3.05) is 185 Å². The van der Waals surface area contributed by atoms with Crippen molar-refractivity contribution in [2.45, 2.75) is 308 Å². The van der Waals surface area contributed by atoms with Gasteiger partial charge in [0.15, 0.2) is 0 Å². The van der Waals surface area contributed by atoms with E-state index in [1.807, 2.05) is 91.0 Å². The number of carbonyl (C=O) groups excluding carboxylic acids is 3. The summed E-state index contributed by atoms with van der Waals surface area (Å²) in [7, 11) is 6.09. The molecule has 9 fully saturated rings. The van der Waals surface area contributed by atoms with Crippen LogP contribution in [0.25, 0.3) is 0 Å². The van der Waals surface area contributed by atoms with Crippen molar-refractivity contribution in [3.63, 3.8) is 0 Å². The zero-order chi connectivity index (χ0) is 77.8. The highest BCUT2D eigenvalue weighted by Gasteiger charge is 2.41. The molecular formula is C79H169N17O4. The Hall–Kier alpha value is -2.67. The third-order valence-electron chi connectivity index (χ3n) is 21.1.